The Morgan fingerprint density at radius 2 is 2.11 bits per heavy atom. The van der Waals surface area contributed by atoms with Crippen LogP contribution in [0.1, 0.15) is 16.8 Å². The molecule has 1 fully saturated rings. The average Bonchev–Trinajstić information content (AvgIpc) is 2.41. The first kappa shape index (κ1) is 13.9. The van der Waals surface area contributed by atoms with Crippen molar-refractivity contribution in [3.63, 3.8) is 0 Å². The SMILES string of the molecule is O=C(NCCN1CCCOC1=O)c1ccc(Br)cc1. The van der Waals surface area contributed by atoms with Crippen molar-refractivity contribution in [2.75, 3.05) is 26.2 Å². The second-order valence-corrected chi connectivity index (χ2v) is 5.13. The summed E-state index contributed by atoms with van der Waals surface area (Å²) in [5, 5.41) is 2.78. The molecule has 0 saturated carbocycles. The van der Waals surface area contributed by atoms with Crippen molar-refractivity contribution in [2.45, 2.75) is 6.42 Å². The van der Waals surface area contributed by atoms with Gasteiger partial charge in [0.25, 0.3) is 5.91 Å². The van der Waals surface area contributed by atoms with E-state index in [0.29, 0.717) is 31.8 Å². The van der Waals surface area contributed by atoms with Gasteiger partial charge in [-0.25, -0.2) is 4.79 Å². The van der Waals surface area contributed by atoms with Gasteiger partial charge in [-0.05, 0) is 30.7 Å². The van der Waals surface area contributed by atoms with Gasteiger partial charge in [-0.3, -0.25) is 4.79 Å². The fourth-order valence-electron chi connectivity index (χ4n) is 1.81. The van der Waals surface area contributed by atoms with Crippen molar-refractivity contribution in [1.82, 2.24) is 10.2 Å². The maximum atomic E-state index is 11.8. The third-order valence-electron chi connectivity index (χ3n) is 2.83. The van der Waals surface area contributed by atoms with Gasteiger partial charge in [0.2, 0.25) is 0 Å². The predicted octanol–water partition coefficient (Wildman–Crippen LogP) is 2.02. The van der Waals surface area contributed by atoms with Gasteiger partial charge in [-0.1, -0.05) is 15.9 Å². The zero-order chi connectivity index (χ0) is 13.7. The van der Waals surface area contributed by atoms with Crippen LogP contribution < -0.4 is 5.32 Å². The van der Waals surface area contributed by atoms with Crippen molar-refractivity contribution in [3.8, 4) is 0 Å². The number of nitrogens with zero attached hydrogens (tertiary/aromatic N) is 1. The van der Waals surface area contributed by atoms with Crippen LogP contribution >= 0.6 is 15.9 Å². The van der Waals surface area contributed by atoms with Crippen LogP contribution in [-0.2, 0) is 4.74 Å². The van der Waals surface area contributed by atoms with E-state index in [2.05, 4.69) is 21.2 Å². The molecule has 0 atom stereocenters. The first-order valence-corrected chi connectivity index (χ1v) is 6.91. The summed E-state index contributed by atoms with van der Waals surface area (Å²) in [6.07, 6.45) is 0.538. The van der Waals surface area contributed by atoms with E-state index < -0.39 is 0 Å². The molecule has 1 aliphatic heterocycles. The lowest BCUT2D eigenvalue weighted by molar-refractivity contribution is 0.0719. The molecule has 0 spiro atoms. The quantitative estimate of drug-likeness (QED) is 0.920. The van der Waals surface area contributed by atoms with E-state index >= 15 is 0 Å². The molecular weight excluding hydrogens is 312 g/mol. The van der Waals surface area contributed by atoms with E-state index in [1.165, 1.54) is 0 Å². The van der Waals surface area contributed by atoms with Crippen LogP contribution in [0.15, 0.2) is 28.7 Å². The van der Waals surface area contributed by atoms with Crippen LogP contribution in [0.5, 0.6) is 0 Å². The molecule has 5 nitrogen and oxygen atoms in total. The molecule has 1 N–H and O–H groups in total. The Morgan fingerprint density at radius 1 is 1.37 bits per heavy atom. The highest BCUT2D eigenvalue weighted by Crippen LogP contribution is 2.10. The molecule has 0 bridgehead atoms. The number of carbonyl (C=O) groups excluding carboxylic acids is 2. The first-order valence-electron chi connectivity index (χ1n) is 6.12. The summed E-state index contributed by atoms with van der Waals surface area (Å²) in [7, 11) is 0. The third kappa shape index (κ3) is 3.96. The van der Waals surface area contributed by atoms with Crippen molar-refractivity contribution >= 4 is 27.9 Å². The van der Waals surface area contributed by atoms with E-state index in [1.807, 2.05) is 12.1 Å². The van der Waals surface area contributed by atoms with E-state index in [1.54, 1.807) is 17.0 Å². The zero-order valence-corrected chi connectivity index (χ0v) is 12.0. The van der Waals surface area contributed by atoms with Crippen LogP contribution in [0.3, 0.4) is 0 Å². The highest BCUT2D eigenvalue weighted by Gasteiger charge is 2.18. The smallest absolute Gasteiger partial charge is 0.409 e. The van der Waals surface area contributed by atoms with E-state index in [-0.39, 0.29) is 12.0 Å². The minimum absolute atomic E-state index is 0.141. The second kappa shape index (κ2) is 6.56. The monoisotopic (exact) mass is 326 g/mol. The maximum Gasteiger partial charge on any atom is 0.409 e. The Labute approximate surface area is 120 Å². The van der Waals surface area contributed by atoms with Gasteiger partial charge in [0.1, 0.15) is 0 Å². The lowest BCUT2D eigenvalue weighted by Crippen LogP contribution is -2.42. The van der Waals surface area contributed by atoms with Gasteiger partial charge in [0.05, 0.1) is 6.61 Å². The number of ether oxygens (including phenoxy) is 1. The molecule has 0 aromatic heterocycles. The van der Waals surface area contributed by atoms with Gasteiger partial charge < -0.3 is 15.0 Å². The third-order valence-corrected chi connectivity index (χ3v) is 3.36. The first-order chi connectivity index (χ1) is 9.16. The fraction of sp³-hybridized carbons (Fsp3) is 0.385. The highest BCUT2D eigenvalue weighted by molar-refractivity contribution is 9.10. The van der Waals surface area contributed by atoms with Crippen LogP contribution in [0, 0.1) is 0 Å². The predicted molar refractivity (Wildman–Crippen MR) is 74.0 cm³/mol. The largest absolute Gasteiger partial charge is 0.449 e. The summed E-state index contributed by atoms with van der Waals surface area (Å²) in [5.74, 6) is -0.141. The number of hydrogen-bond acceptors (Lipinski definition) is 3. The number of halogens is 1. The van der Waals surface area contributed by atoms with E-state index in [4.69, 9.17) is 4.74 Å². The van der Waals surface area contributed by atoms with Gasteiger partial charge in [-0.2, -0.15) is 0 Å². The Hall–Kier alpha value is -1.56. The highest BCUT2D eigenvalue weighted by atomic mass is 79.9. The molecular formula is C13H15BrN2O3. The van der Waals surface area contributed by atoms with Crippen LogP contribution in [-0.4, -0.2) is 43.1 Å². The minimum Gasteiger partial charge on any atom is -0.449 e. The van der Waals surface area contributed by atoms with Crippen molar-refractivity contribution in [1.29, 1.82) is 0 Å². The van der Waals surface area contributed by atoms with Crippen LogP contribution in [0.4, 0.5) is 4.79 Å². The van der Waals surface area contributed by atoms with Gasteiger partial charge in [-0.15, -0.1) is 0 Å². The van der Waals surface area contributed by atoms with E-state index in [0.717, 1.165) is 10.9 Å². The van der Waals surface area contributed by atoms with Crippen LogP contribution in [0.2, 0.25) is 0 Å². The molecule has 0 aliphatic carbocycles. The van der Waals surface area contributed by atoms with Crippen molar-refractivity contribution in [3.05, 3.63) is 34.3 Å². The number of cyclic esters (lactones) is 1. The molecule has 2 amide bonds. The number of rotatable bonds is 4. The second-order valence-electron chi connectivity index (χ2n) is 4.22. The summed E-state index contributed by atoms with van der Waals surface area (Å²) in [4.78, 5) is 24.8. The van der Waals surface area contributed by atoms with Crippen LogP contribution in [0.25, 0.3) is 0 Å². The van der Waals surface area contributed by atoms with Gasteiger partial charge in [0.15, 0.2) is 0 Å². The molecule has 1 aliphatic rings. The molecule has 1 heterocycles. The zero-order valence-electron chi connectivity index (χ0n) is 10.4. The molecule has 1 saturated heterocycles. The maximum absolute atomic E-state index is 11.8. The Bertz CT molecular complexity index is 461. The topological polar surface area (TPSA) is 58.6 Å². The molecule has 102 valence electrons. The molecule has 0 radical (unpaired) electrons. The Balaban J connectivity index is 1.77. The summed E-state index contributed by atoms with van der Waals surface area (Å²) >= 11 is 3.32. The van der Waals surface area contributed by atoms with Gasteiger partial charge in [0, 0.05) is 29.7 Å². The average molecular weight is 327 g/mol. The number of carbonyl (C=O) groups is 2. The number of hydrogen-bond donors (Lipinski definition) is 1. The fourth-order valence-corrected chi connectivity index (χ4v) is 2.07. The standard InChI is InChI=1S/C13H15BrN2O3/c14-11-4-2-10(3-5-11)12(17)15-6-8-16-7-1-9-19-13(16)18/h2-5H,1,6-9H2,(H,15,17). The van der Waals surface area contributed by atoms with Crippen molar-refractivity contribution < 1.29 is 14.3 Å². The Morgan fingerprint density at radius 3 is 2.79 bits per heavy atom. The molecule has 6 heteroatoms. The summed E-state index contributed by atoms with van der Waals surface area (Å²) in [5.41, 5.74) is 0.601. The lowest BCUT2D eigenvalue weighted by atomic mass is 10.2. The Kier molecular flexibility index (Phi) is 4.79. The summed E-state index contributed by atoms with van der Waals surface area (Å²) in [6, 6.07) is 7.12. The summed E-state index contributed by atoms with van der Waals surface area (Å²) in [6.45, 7) is 2.07. The molecule has 1 aromatic carbocycles. The van der Waals surface area contributed by atoms with Crippen molar-refractivity contribution in [2.24, 2.45) is 0 Å². The minimum atomic E-state index is -0.302. The molecule has 19 heavy (non-hydrogen) atoms. The lowest BCUT2D eigenvalue weighted by Gasteiger charge is -2.26. The van der Waals surface area contributed by atoms with Gasteiger partial charge >= 0.3 is 6.09 Å². The summed E-state index contributed by atoms with van der Waals surface area (Å²) < 4.78 is 5.85. The molecule has 1 aromatic rings. The number of benzene rings is 1. The number of nitrogens with one attached hydrogen (secondary N) is 1. The number of amides is 2. The normalized spacial score (nSPS) is 15.0. The molecule has 0 unspecified atom stereocenters. The molecule has 2 rings (SSSR count). The van der Waals surface area contributed by atoms with E-state index in [9.17, 15) is 9.59 Å².